The van der Waals surface area contributed by atoms with Crippen LogP contribution in [0.4, 0.5) is 0 Å². The Bertz CT molecular complexity index is 1580. The summed E-state index contributed by atoms with van der Waals surface area (Å²) in [7, 11) is 0. The van der Waals surface area contributed by atoms with E-state index in [1.807, 2.05) is 37.3 Å². The molecule has 4 amide bonds. The zero-order valence-electron chi connectivity index (χ0n) is 30.5. The molecule has 17 nitrogen and oxygen atoms in total. The van der Waals surface area contributed by atoms with Crippen LogP contribution in [0.3, 0.4) is 0 Å². The molecule has 3 unspecified atom stereocenters. The second-order valence-electron chi connectivity index (χ2n) is 13.8. The van der Waals surface area contributed by atoms with Crippen molar-refractivity contribution in [3.63, 3.8) is 0 Å². The van der Waals surface area contributed by atoms with Crippen molar-refractivity contribution in [2.75, 3.05) is 46.0 Å². The van der Waals surface area contributed by atoms with Crippen LogP contribution in [-0.2, 0) is 23.9 Å². The minimum Gasteiger partial charge on any atom is -0.494 e. The zero-order valence-corrected chi connectivity index (χ0v) is 31.3. The smallest absolute Gasteiger partial charge is 0.243 e. The van der Waals surface area contributed by atoms with Crippen LogP contribution in [0, 0.1) is 10.8 Å². The fourth-order valence-electron chi connectivity index (χ4n) is 6.38. The molecule has 2 fully saturated rings. The second-order valence-corrected chi connectivity index (χ2v) is 14.8. The number of hydrogen-bond donors (Lipinski definition) is 10. The highest BCUT2D eigenvalue weighted by molar-refractivity contribution is 7.10. The molecule has 1 aromatic heterocycles. The number of fused-ring (bicyclic) bond motifs is 1. The maximum Gasteiger partial charge on any atom is 0.243 e. The van der Waals surface area contributed by atoms with Gasteiger partial charge in [-0.15, -0.1) is 11.3 Å². The predicted octanol–water partition coefficient (Wildman–Crippen LogP) is -1.27. The maximum absolute atomic E-state index is 13.7. The molecule has 8 atom stereocenters. The highest BCUT2D eigenvalue weighted by atomic mass is 32.1. The lowest BCUT2D eigenvalue weighted by molar-refractivity contribution is -0.140. The minimum atomic E-state index is -1.59. The summed E-state index contributed by atoms with van der Waals surface area (Å²) >= 11 is 1.37. The van der Waals surface area contributed by atoms with Gasteiger partial charge in [0, 0.05) is 46.8 Å². The van der Waals surface area contributed by atoms with Gasteiger partial charge in [0.05, 0.1) is 51.2 Å². The van der Waals surface area contributed by atoms with E-state index in [1.165, 1.54) is 18.3 Å². The van der Waals surface area contributed by atoms with Gasteiger partial charge in [-0.3, -0.25) is 24.6 Å². The average Bonchev–Trinajstić information content (AvgIpc) is 3.45. The van der Waals surface area contributed by atoms with Gasteiger partial charge in [0.2, 0.25) is 23.6 Å². The Morgan fingerprint density at radius 1 is 1.02 bits per heavy atom. The van der Waals surface area contributed by atoms with E-state index in [0.717, 1.165) is 4.88 Å². The molecule has 1 aromatic carbocycles. The molecule has 1 aliphatic carbocycles. The van der Waals surface area contributed by atoms with Crippen molar-refractivity contribution < 1.29 is 49.1 Å². The Balaban J connectivity index is 1.25. The molecule has 18 heteroatoms. The highest BCUT2D eigenvalue weighted by Crippen LogP contribution is 2.59. The number of nitrogens with zero attached hydrogens (tertiary/aromatic N) is 1. The number of likely N-dealkylation sites (tertiary alicyclic amines) is 1. The molecule has 2 aliphatic rings. The van der Waals surface area contributed by atoms with Gasteiger partial charge in [-0.25, -0.2) is 0 Å². The van der Waals surface area contributed by atoms with Crippen LogP contribution in [0.1, 0.15) is 56.0 Å². The number of para-hydroxylation sites is 1. The molecule has 0 spiro atoms. The number of amidine groups is 1. The molecule has 11 N–H and O–H groups in total. The lowest BCUT2D eigenvalue weighted by Gasteiger charge is -2.28. The van der Waals surface area contributed by atoms with Gasteiger partial charge in [0.1, 0.15) is 29.8 Å². The molecule has 1 saturated carbocycles. The number of carbonyl (C=O) groups excluding carboxylic acids is 4. The van der Waals surface area contributed by atoms with Gasteiger partial charge >= 0.3 is 0 Å². The Kier molecular flexibility index (Phi) is 15.7. The highest BCUT2D eigenvalue weighted by Gasteiger charge is 2.67. The second kappa shape index (κ2) is 19.9. The number of rotatable bonds is 23. The van der Waals surface area contributed by atoms with Crippen molar-refractivity contribution in [2.45, 2.75) is 82.1 Å². The van der Waals surface area contributed by atoms with Crippen molar-refractivity contribution in [3.05, 3.63) is 52.2 Å². The molecular weight excluding hydrogens is 723 g/mol. The summed E-state index contributed by atoms with van der Waals surface area (Å²) in [5.41, 5.74) is 5.70. The molecule has 54 heavy (non-hydrogen) atoms. The Labute approximate surface area is 318 Å². The third-order valence-corrected chi connectivity index (χ3v) is 10.7. The number of carbonyl (C=O) groups is 4. The summed E-state index contributed by atoms with van der Waals surface area (Å²) in [6.45, 7) is 3.36. The van der Waals surface area contributed by atoms with Gasteiger partial charge in [-0.1, -0.05) is 18.2 Å². The zero-order chi connectivity index (χ0) is 39.4. The largest absolute Gasteiger partial charge is 0.494 e. The normalized spacial score (nSPS) is 21.6. The van der Waals surface area contributed by atoms with E-state index in [-0.39, 0.29) is 75.4 Å². The Hall–Kier alpha value is -4.17. The summed E-state index contributed by atoms with van der Waals surface area (Å²) < 4.78 is 11.5. The van der Waals surface area contributed by atoms with E-state index in [9.17, 15) is 39.6 Å². The first kappa shape index (κ1) is 42.6. The van der Waals surface area contributed by atoms with Crippen LogP contribution < -0.4 is 31.7 Å². The fraction of sp³-hybridized carbons (Fsp3) is 0.583. The predicted molar refractivity (Wildman–Crippen MR) is 199 cm³/mol. The molecule has 2 heterocycles. The SMILES string of the molecule is C[C@H](O)[C@H](O)[C@@H](O)[C@@H](O)CNCC(=O)NCCOCC12CC(C(=O)N[C@H](C)c3cc(C(=N)N)cs3)N(C(=O)CNC(=O)CCCOc3ccccc3)C1C2. The van der Waals surface area contributed by atoms with E-state index >= 15 is 0 Å². The lowest BCUT2D eigenvalue weighted by atomic mass is 10.00. The van der Waals surface area contributed by atoms with E-state index in [2.05, 4.69) is 21.3 Å². The number of hydrogen-bond acceptors (Lipinski definition) is 13. The lowest BCUT2D eigenvalue weighted by Crippen LogP contribution is -2.51. The topological polar surface area (TPSA) is 269 Å². The van der Waals surface area contributed by atoms with E-state index in [4.69, 9.17) is 20.6 Å². The van der Waals surface area contributed by atoms with E-state index in [0.29, 0.717) is 37.2 Å². The van der Waals surface area contributed by atoms with Crippen molar-refractivity contribution in [1.82, 2.24) is 26.2 Å². The number of amides is 4. The van der Waals surface area contributed by atoms with Crippen LogP contribution >= 0.6 is 11.3 Å². The van der Waals surface area contributed by atoms with Crippen molar-refractivity contribution in [3.8, 4) is 5.75 Å². The van der Waals surface area contributed by atoms with Gasteiger partial charge in [0.25, 0.3) is 0 Å². The number of aliphatic hydroxyl groups excluding tert-OH is 4. The van der Waals surface area contributed by atoms with Crippen LogP contribution in [0.15, 0.2) is 41.8 Å². The number of piperidine rings is 1. The van der Waals surface area contributed by atoms with Crippen molar-refractivity contribution >= 4 is 40.8 Å². The monoisotopic (exact) mass is 775 g/mol. The van der Waals surface area contributed by atoms with Gasteiger partial charge in [-0.2, -0.15) is 0 Å². The number of nitrogens with one attached hydrogen (secondary N) is 5. The van der Waals surface area contributed by atoms with Crippen LogP contribution in [0.5, 0.6) is 5.75 Å². The van der Waals surface area contributed by atoms with Gasteiger partial charge in [0.15, 0.2) is 0 Å². The fourth-order valence-corrected chi connectivity index (χ4v) is 7.30. The van der Waals surface area contributed by atoms with Gasteiger partial charge in [-0.05, 0) is 51.3 Å². The van der Waals surface area contributed by atoms with Crippen LogP contribution in [0.25, 0.3) is 0 Å². The summed E-state index contributed by atoms with van der Waals surface area (Å²) in [5, 5.41) is 59.3. The molecule has 0 bridgehead atoms. The first-order valence-electron chi connectivity index (χ1n) is 18.0. The van der Waals surface area contributed by atoms with Crippen molar-refractivity contribution in [1.29, 1.82) is 5.41 Å². The summed E-state index contributed by atoms with van der Waals surface area (Å²) in [5.74, 6) is -0.795. The molecule has 1 aliphatic heterocycles. The number of benzene rings is 1. The molecule has 1 saturated heterocycles. The molecular formula is C36H53N7O10S. The number of nitrogen functional groups attached to an aromatic ring is 1. The quantitative estimate of drug-likeness (QED) is 0.0360. The van der Waals surface area contributed by atoms with E-state index < -0.39 is 47.8 Å². The Morgan fingerprint density at radius 3 is 2.44 bits per heavy atom. The molecule has 2 aromatic rings. The number of thiophene rings is 1. The third-order valence-electron chi connectivity index (χ3n) is 9.56. The number of nitrogens with two attached hydrogens (primary N) is 1. The average molecular weight is 776 g/mol. The maximum atomic E-state index is 13.7. The molecule has 298 valence electrons. The molecule has 0 radical (unpaired) electrons. The van der Waals surface area contributed by atoms with Crippen LogP contribution in [-0.4, -0.2) is 137 Å². The number of ether oxygens (including phenoxy) is 2. The van der Waals surface area contributed by atoms with Gasteiger partial charge < -0.3 is 61.8 Å². The van der Waals surface area contributed by atoms with Crippen molar-refractivity contribution in [2.24, 2.45) is 11.1 Å². The third kappa shape index (κ3) is 11.9. The summed E-state index contributed by atoms with van der Waals surface area (Å²) in [4.78, 5) is 54.4. The number of aliphatic hydroxyl groups is 4. The first-order valence-corrected chi connectivity index (χ1v) is 18.9. The van der Waals surface area contributed by atoms with Crippen LogP contribution in [0.2, 0.25) is 0 Å². The van der Waals surface area contributed by atoms with E-state index in [1.54, 1.807) is 16.3 Å². The Morgan fingerprint density at radius 2 is 1.76 bits per heavy atom. The minimum absolute atomic E-state index is 0.0743. The summed E-state index contributed by atoms with van der Waals surface area (Å²) in [6, 6.07) is 9.52. The molecule has 4 rings (SSSR count). The summed E-state index contributed by atoms with van der Waals surface area (Å²) in [6.07, 6.45) is -4.18. The standard InChI is InChI=1S/C36H53N7O10S/c1-21(27-13-23(19-54-27)34(37)38)42-35(51)25-14-36(20-52-12-10-40-30(47)17-39-16-26(45)33(50)32(49)22(2)44)15-28(36)43(25)31(48)18-41-29(46)9-6-11-53-24-7-4-3-5-8-24/h3-5,7-8,13,19,21-22,25-26,28,32-33,39,44-45,49-50H,6,9-12,14-18,20H2,1-2H3,(H3,37,38)(H,40,47)(H,41,46)(H,42,51)/t21-,22+,25?,26+,28?,32+,33+,36?/m1/s1. The first-order chi connectivity index (χ1) is 25.7.